The molecule has 2 aliphatic rings. The first-order chi connectivity index (χ1) is 11.4. The van der Waals surface area contributed by atoms with Crippen LogP contribution in [0, 0.1) is 5.92 Å². The van der Waals surface area contributed by atoms with Gasteiger partial charge in [-0.25, -0.2) is 9.59 Å². The van der Waals surface area contributed by atoms with Crippen LogP contribution in [0.25, 0.3) is 0 Å². The predicted octanol–water partition coefficient (Wildman–Crippen LogP) is 3.72. The van der Waals surface area contributed by atoms with Crippen molar-refractivity contribution in [3.63, 3.8) is 0 Å². The lowest BCUT2D eigenvalue weighted by atomic mass is 9.99. The van der Waals surface area contributed by atoms with Crippen LogP contribution in [0.3, 0.4) is 0 Å². The molecule has 7 nitrogen and oxygen atoms in total. The molecule has 2 aliphatic heterocycles. The van der Waals surface area contributed by atoms with E-state index >= 15 is 0 Å². The highest BCUT2D eigenvalue weighted by atomic mass is 35.6. The van der Waals surface area contributed by atoms with Gasteiger partial charge >= 0.3 is 12.2 Å². The van der Waals surface area contributed by atoms with Crippen LogP contribution >= 0.6 is 69.6 Å². The Balaban J connectivity index is 1.76. The van der Waals surface area contributed by atoms with E-state index in [0.29, 0.717) is 6.54 Å². The lowest BCUT2D eigenvalue weighted by Crippen LogP contribution is -2.46. The van der Waals surface area contributed by atoms with Crippen molar-refractivity contribution in [3.8, 4) is 0 Å². The van der Waals surface area contributed by atoms with Gasteiger partial charge < -0.3 is 23.8 Å². The molecule has 2 heterocycles. The summed E-state index contributed by atoms with van der Waals surface area (Å²) < 4.78 is 16.5. The Hall–Kier alpha value is 0.240. The van der Waals surface area contributed by atoms with E-state index in [-0.39, 0.29) is 37.9 Å². The largest absolute Gasteiger partial charge is 0.508 e. The molecule has 2 saturated heterocycles. The van der Waals surface area contributed by atoms with E-state index in [4.69, 9.17) is 83.8 Å². The minimum atomic E-state index is -1.72. The molecule has 3 unspecified atom stereocenters. The summed E-state index contributed by atoms with van der Waals surface area (Å²) in [5.41, 5.74) is 0. The van der Waals surface area contributed by atoms with Crippen molar-refractivity contribution < 1.29 is 28.5 Å². The number of piperidine rings is 1. The van der Waals surface area contributed by atoms with Crippen molar-refractivity contribution in [2.75, 3.05) is 32.9 Å². The van der Waals surface area contributed by atoms with Crippen LogP contribution in [0.4, 0.5) is 9.59 Å². The molecule has 0 radical (unpaired) electrons. The van der Waals surface area contributed by atoms with E-state index in [1.54, 1.807) is 0 Å². The summed E-state index contributed by atoms with van der Waals surface area (Å²) >= 11 is 33.0. The summed E-state index contributed by atoms with van der Waals surface area (Å²) in [4.78, 5) is 24.9. The number of carbonyl (C=O) groups is 2. The van der Waals surface area contributed by atoms with Crippen molar-refractivity contribution in [2.24, 2.45) is 5.92 Å². The Kier molecular flexibility index (Phi) is 7.33. The number of carbonyl (C=O) groups excluding carboxylic acids is 2. The fourth-order valence-electron chi connectivity index (χ4n) is 2.29. The fraction of sp³-hybridized carbons (Fsp3) is 0.833. The van der Waals surface area contributed by atoms with E-state index in [2.05, 4.69) is 4.74 Å². The Morgan fingerprint density at radius 2 is 1.56 bits per heavy atom. The minimum absolute atomic E-state index is 0.0336. The van der Waals surface area contributed by atoms with Crippen LogP contribution in [0.5, 0.6) is 0 Å². The standard InChI is InChI=1S/C12H13Cl6NO6/c13-11(14,15)4-23-9(20)19-1-6(8-7(2-19)25-8)3-22-10(21)24-5-12(16,17)18/h6-8H,1-5H2. The van der Waals surface area contributed by atoms with Gasteiger partial charge in [0.2, 0.25) is 7.59 Å². The van der Waals surface area contributed by atoms with Crippen LogP contribution in [-0.4, -0.2) is 69.9 Å². The number of rotatable bonds is 4. The second kappa shape index (κ2) is 8.50. The first-order valence-corrected chi connectivity index (χ1v) is 9.21. The summed E-state index contributed by atoms with van der Waals surface area (Å²) in [6, 6.07) is 0. The summed E-state index contributed by atoms with van der Waals surface area (Å²) in [5.74, 6) is -0.251. The smallest absolute Gasteiger partial charge is 0.445 e. The van der Waals surface area contributed by atoms with Crippen molar-refractivity contribution in [2.45, 2.75) is 19.8 Å². The van der Waals surface area contributed by atoms with Crippen LogP contribution < -0.4 is 0 Å². The molecule has 0 aromatic rings. The van der Waals surface area contributed by atoms with Gasteiger partial charge in [-0.2, -0.15) is 0 Å². The van der Waals surface area contributed by atoms with Crippen LogP contribution in [-0.2, 0) is 18.9 Å². The normalized spacial score (nSPS) is 25.8. The van der Waals surface area contributed by atoms with Crippen LogP contribution in [0.2, 0.25) is 0 Å². The second-order valence-electron chi connectivity index (χ2n) is 5.44. The molecule has 2 fully saturated rings. The van der Waals surface area contributed by atoms with E-state index in [0.717, 1.165) is 0 Å². The number of amides is 1. The molecule has 3 atom stereocenters. The number of alkyl halides is 6. The van der Waals surface area contributed by atoms with Gasteiger partial charge in [0.05, 0.1) is 12.6 Å². The van der Waals surface area contributed by atoms with Crippen molar-refractivity contribution in [1.82, 2.24) is 4.90 Å². The van der Waals surface area contributed by atoms with Crippen LogP contribution in [0.1, 0.15) is 0 Å². The fourth-order valence-corrected chi connectivity index (χ4v) is 2.61. The highest BCUT2D eigenvalue weighted by Gasteiger charge is 2.51. The number of likely N-dealkylation sites (tertiary alicyclic amines) is 1. The Morgan fingerprint density at radius 3 is 2.16 bits per heavy atom. The number of nitrogens with zero attached hydrogens (tertiary/aromatic N) is 1. The molecule has 1 amide bonds. The van der Waals surface area contributed by atoms with E-state index in [1.165, 1.54) is 4.90 Å². The zero-order chi connectivity index (χ0) is 18.8. The van der Waals surface area contributed by atoms with Gasteiger partial charge in [-0.1, -0.05) is 69.6 Å². The van der Waals surface area contributed by atoms with Gasteiger partial charge in [0.25, 0.3) is 0 Å². The van der Waals surface area contributed by atoms with Gasteiger partial charge in [-0.05, 0) is 0 Å². The quantitative estimate of drug-likeness (QED) is 0.347. The summed E-state index contributed by atoms with van der Waals surface area (Å²) in [6.45, 7) is -0.269. The van der Waals surface area contributed by atoms with Gasteiger partial charge in [0, 0.05) is 12.5 Å². The molecule has 2 rings (SSSR count). The lowest BCUT2D eigenvalue weighted by Gasteiger charge is -2.29. The molecule has 0 aliphatic carbocycles. The van der Waals surface area contributed by atoms with Crippen LogP contribution in [0.15, 0.2) is 0 Å². The van der Waals surface area contributed by atoms with Crippen molar-refractivity contribution >= 4 is 81.9 Å². The lowest BCUT2D eigenvalue weighted by molar-refractivity contribution is 0.0332. The average Bonchev–Trinajstić information content (AvgIpc) is 3.26. The minimum Gasteiger partial charge on any atom is -0.445 e. The molecule has 25 heavy (non-hydrogen) atoms. The molecule has 0 bridgehead atoms. The number of epoxide rings is 1. The number of hydrogen-bond donors (Lipinski definition) is 0. The first-order valence-electron chi connectivity index (χ1n) is 6.95. The van der Waals surface area contributed by atoms with Gasteiger partial charge in [0.1, 0.15) is 25.9 Å². The number of hydrogen-bond acceptors (Lipinski definition) is 6. The van der Waals surface area contributed by atoms with E-state index < -0.39 is 26.4 Å². The van der Waals surface area contributed by atoms with E-state index in [9.17, 15) is 9.59 Å². The third-order valence-electron chi connectivity index (χ3n) is 3.33. The SMILES string of the molecule is O=C(OCC1CN(C(=O)OCC(Cl)(Cl)Cl)CC2OC12)OCC(Cl)(Cl)Cl. The Morgan fingerprint density at radius 1 is 0.960 bits per heavy atom. The average molecular weight is 480 g/mol. The number of fused-ring (bicyclic) bond motifs is 1. The molecular weight excluding hydrogens is 467 g/mol. The zero-order valence-corrected chi connectivity index (χ0v) is 17.0. The molecule has 0 saturated carbocycles. The van der Waals surface area contributed by atoms with Crippen molar-refractivity contribution in [3.05, 3.63) is 0 Å². The van der Waals surface area contributed by atoms with E-state index in [1.807, 2.05) is 0 Å². The summed E-state index contributed by atoms with van der Waals surface area (Å²) in [5, 5.41) is 0. The van der Waals surface area contributed by atoms with Gasteiger partial charge in [-0.15, -0.1) is 0 Å². The van der Waals surface area contributed by atoms with Crippen molar-refractivity contribution in [1.29, 1.82) is 0 Å². The molecule has 0 N–H and O–H groups in total. The maximum atomic E-state index is 12.0. The number of ether oxygens (including phenoxy) is 4. The first kappa shape index (κ1) is 21.5. The van der Waals surface area contributed by atoms with Gasteiger partial charge in [-0.3, -0.25) is 0 Å². The molecule has 13 heteroatoms. The number of halogens is 6. The predicted molar refractivity (Wildman–Crippen MR) is 93.0 cm³/mol. The molecule has 144 valence electrons. The molecule has 0 spiro atoms. The third-order valence-corrected chi connectivity index (χ3v) is 3.98. The zero-order valence-electron chi connectivity index (χ0n) is 12.4. The topological polar surface area (TPSA) is 77.6 Å². The molecule has 0 aromatic heterocycles. The molecule has 0 aromatic carbocycles. The maximum Gasteiger partial charge on any atom is 0.508 e. The highest BCUT2D eigenvalue weighted by molar-refractivity contribution is 6.68. The monoisotopic (exact) mass is 477 g/mol. The summed E-state index contributed by atoms with van der Waals surface area (Å²) in [6.07, 6.45) is -1.90. The third kappa shape index (κ3) is 7.79. The summed E-state index contributed by atoms with van der Waals surface area (Å²) in [7, 11) is 0. The Bertz CT molecular complexity index is 509. The second-order valence-corrected chi connectivity index (χ2v) is 10.5. The molecular formula is C12H13Cl6NO6. The van der Waals surface area contributed by atoms with Gasteiger partial charge in [0.15, 0.2) is 0 Å². The Labute approximate surface area is 173 Å². The highest BCUT2D eigenvalue weighted by Crippen LogP contribution is 2.36. The maximum absolute atomic E-state index is 12.0.